The molecule has 1 unspecified atom stereocenters. The van der Waals surface area contributed by atoms with E-state index in [1.807, 2.05) is 13.1 Å². The summed E-state index contributed by atoms with van der Waals surface area (Å²) >= 11 is 0. The highest BCUT2D eigenvalue weighted by molar-refractivity contribution is 5.33. The van der Waals surface area contributed by atoms with Gasteiger partial charge in [-0.25, -0.2) is 0 Å². The van der Waals surface area contributed by atoms with Crippen molar-refractivity contribution in [3.05, 3.63) is 11.8 Å². The molecule has 2 N–H and O–H groups in total. The quantitative estimate of drug-likeness (QED) is 0.757. The number of anilines is 1. The Labute approximate surface area is 91.1 Å². The Balaban J connectivity index is 2.34. The molecule has 2 heterocycles. The summed E-state index contributed by atoms with van der Waals surface area (Å²) in [5.74, 6) is 0.741. The molecule has 4 nitrogen and oxygen atoms in total. The van der Waals surface area contributed by atoms with Gasteiger partial charge in [-0.15, -0.1) is 0 Å². The van der Waals surface area contributed by atoms with Gasteiger partial charge in [0.1, 0.15) is 5.82 Å². The van der Waals surface area contributed by atoms with Gasteiger partial charge in [-0.05, 0) is 39.8 Å². The van der Waals surface area contributed by atoms with Crippen LogP contribution in [0.3, 0.4) is 0 Å². The molecule has 0 bridgehead atoms. The lowest BCUT2D eigenvalue weighted by Crippen LogP contribution is -2.45. The zero-order valence-corrected chi connectivity index (χ0v) is 9.82. The van der Waals surface area contributed by atoms with Gasteiger partial charge in [0.05, 0.1) is 11.2 Å². The summed E-state index contributed by atoms with van der Waals surface area (Å²) in [6.07, 6.45) is 3.73. The maximum atomic E-state index is 5.83. The Kier molecular flexibility index (Phi) is 2.46. The van der Waals surface area contributed by atoms with Crippen molar-refractivity contribution in [1.29, 1.82) is 0 Å². The molecular formula is C11H20N4. The van der Waals surface area contributed by atoms with Crippen LogP contribution in [0.15, 0.2) is 6.07 Å². The molecule has 84 valence electrons. The highest BCUT2D eigenvalue weighted by Crippen LogP contribution is 2.35. The minimum Gasteiger partial charge on any atom is -0.384 e. The zero-order chi connectivity index (χ0) is 11.1. The minimum atomic E-state index is 0.0631. The smallest absolute Gasteiger partial charge is 0.121 e. The third kappa shape index (κ3) is 1.63. The molecule has 1 aromatic rings. The number of nitrogens with zero attached hydrogens (tertiary/aromatic N) is 3. The van der Waals surface area contributed by atoms with E-state index in [1.54, 1.807) is 4.68 Å². The molecule has 0 spiro atoms. The van der Waals surface area contributed by atoms with Crippen molar-refractivity contribution in [2.45, 2.75) is 31.7 Å². The molecule has 4 heteroatoms. The van der Waals surface area contributed by atoms with Crippen molar-refractivity contribution in [2.24, 2.45) is 7.05 Å². The number of piperidine rings is 1. The van der Waals surface area contributed by atoms with E-state index in [-0.39, 0.29) is 5.54 Å². The van der Waals surface area contributed by atoms with Crippen molar-refractivity contribution in [1.82, 2.24) is 14.7 Å². The number of aromatic nitrogens is 2. The fourth-order valence-electron chi connectivity index (χ4n) is 2.32. The van der Waals surface area contributed by atoms with Crippen LogP contribution in [0.1, 0.15) is 31.9 Å². The predicted octanol–water partition coefficient (Wildman–Crippen LogP) is 1.33. The van der Waals surface area contributed by atoms with E-state index in [9.17, 15) is 0 Å². The Bertz CT molecular complexity index is 338. The molecular weight excluding hydrogens is 188 g/mol. The highest BCUT2D eigenvalue weighted by atomic mass is 15.3. The maximum Gasteiger partial charge on any atom is 0.121 e. The average molecular weight is 208 g/mol. The van der Waals surface area contributed by atoms with Crippen LogP contribution in [-0.4, -0.2) is 28.3 Å². The first kappa shape index (κ1) is 10.5. The van der Waals surface area contributed by atoms with Gasteiger partial charge in [-0.1, -0.05) is 0 Å². The van der Waals surface area contributed by atoms with Gasteiger partial charge in [0, 0.05) is 13.1 Å². The molecule has 1 fully saturated rings. The van der Waals surface area contributed by atoms with E-state index in [4.69, 9.17) is 5.73 Å². The van der Waals surface area contributed by atoms with E-state index in [1.165, 1.54) is 19.3 Å². The summed E-state index contributed by atoms with van der Waals surface area (Å²) in [7, 11) is 4.06. The fourth-order valence-corrected chi connectivity index (χ4v) is 2.32. The molecule has 1 aliphatic heterocycles. The Morgan fingerprint density at radius 1 is 1.40 bits per heavy atom. The van der Waals surface area contributed by atoms with Crippen LogP contribution in [0.2, 0.25) is 0 Å². The van der Waals surface area contributed by atoms with Crippen molar-refractivity contribution < 1.29 is 0 Å². The summed E-state index contributed by atoms with van der Waals surface area (Å²) in [6.45, 7) is 3.40. The molecule has 1 atom stereocenters. The average Bonchev–Trinajstić information content (AvgIpc) is 2.53. The van der Waals surface area contributed by atoms with Gasteiger partial charge in [-0.3, -0.25) is 9.58 Å². The predicted molar refractivity (Wildman–Crippen MR) is 61.5 cm³/mol. The number of hydrogen-bond donors (Lipinski definition) is 1. The van der Waals surface area contributed by atoms with Gasteiger partial charge >= 0.3 is 0 Å². The lowest BCUT2D eigenvalue weighted by atomic mass is 9.86. The largest absolute Gasteiger partial charge is 0.384 e. The van der Waals surface area contributed by atoms with Gasteiger partial charge in [0.2, 0.25) is 0 Å². The summed E-state index contributed by atoms with van der Waals surface area (Å²) < 4.78 is 1.75. The molecule has 15 heavy (non-hydrogen) atoms. The Hall–Kier alpha value is -1.03. The van der Waals surface area contributed by atoms with Crippen LogP contribution >= 0.6 is 0 Å². The van der Waals surface area contributed by atoms with E-state index in [0.717, 1.165) is 18.1 Å². The number of nitrogens with two attached hydrogens (primary N) is 1. The number of hydrogen-bond acceptors (Lipinski definition) is 3. The molecule has 1 saturated heterocycles. The SMILES string of the molecule is CN1CCCCC1(C)c1cc(N)n(C)n1. The summed E-state index contributed by atoms with van der Waals surface area (Å²) in [6, 6.07) is 2.00. The molecule has 0 radical (unpaired) electrons. The van der Waals surface area contributed by atoms with Crippen LogP contribution in [0.4, 0.5) is 5.82 Å². The summed E-state index contributed by atoms with van der Waals surface area (Å²) in [5.41, 5.74) is 7.00. The van der Waals surface area contributed by atoms with Crippen LogP contribution in [-0.2, 0) is 12.6 Å². The van der Waals surface area contributed by atoms with Crippen molar-refractivity contribution in [3.8, 4) is 0 Å². The maximum absolute atomic E-state index is 5.83. The molecule has 0 amide bonds. The van der Waals surface area contributed by atoms with E-state index in [2.05, 4.69) is 24.0 Å². The molecule has 0 saturated carbocycles. The first-order valence-corrected chi connectivity index (χ1v) is 5.55. The summed E-state index contributed by atoms with van der Waals surface area (Å²) in [5, 5.41) is 4.51. The van der Waals surface area contributed by atoms with Crippen molar-refractivity contribution in [2.75, 3.05) is 19.3 Å². The number of aryl methyl sites for hydroxylation is 1. The second-order valence-corrected chi connectivity index (χ2v) is 4.73. The lowest BCUT2D eigenvalue weighted by Gasteiger charge is -2.41. The van der Waals surface area contributed by atoms with E-state index in [0.29, 0.717) is 0 Å². The molecule has 1 aliphatic rings. The standard InChI is InChI=1S/C11H20N4/c1-11(6-4-5-7-14(11)2)9-8-10(12)15(3)13-9/h8H,4-7,12H2,1-3H3. The van der Waals surface area contributed by atoms with E-state index < -0.39 is 0 Å². The number of rotatable bonds is 1. The third-order valence-electron chi connectivity index (χ3n) is 3.72. The number of nitrogen functional groups attached to an aromatic ring is 1. The Morgan fingerprint density at radius 3 is 2.67 bits per heavy atom. The second-order valence-electron chi connectivity index (χ2n) is 4.73. The van der Waals surface area contributed by atoms with Crippen LogP contribution < -0.4 is 5.73 Å². The Morgan fingerprint density at radius 2 is 2.13 bits per heavy atom. The van der Waals surface area contributed by atoms with E-state index >= 15 is 0 Å². The van der Waals surface area contributed by atoms with Crippen molar-refractivity contribution in [3.63, 3.8) is 0 Å². The van der Waals surface area contributed by atoms with Crippen molar-refractivity contribution >= 4 is 5.82 Å². The monoisotopic (exact) mass is 208 g/mol. The topological polar surface area (TPSA) is 47.1 Å². The lowest BCUT2D eigenvalue weighted by molar-refractivity contribution is 0.0839. The summed E-state index contributed by atoms with van der Waals surface area (Å²) in [4.78, 5) is 2.39. The normalized spacial score (nSPS) is 28.2. The fraction of sp³-hybridized carbons (Fsp3) is 0.727. The van der Waals surface area contributed by atoms with Gasteiger partial charge in [-0.2, -0.15) is 5.10 Å². The number of likely N-dealkylation sites (tertiary alicyclic amines) is 1. The third-order valence-corrected chi connectivity index (χ3v) is 3.72. The highest BCUT2D eigenvalue weighted by Gasteiger charge is 2.35. The van der Waals surface area contributed by atoms with Gasteiger partial charge < -0.3 is 5.73 Å². The molecule has 2 rings (SSSR count). The molecule has 1 aromatic heterocycles. The van der Waals surface area contributed by atoms with Gasteiger partial charge in [0.15, 0.2) is 0 Å². The molecule has 0 aromatic carbocycles. The second kappa shape index (κ2) is 3.52. The minimum absolute atomic E-state index is 0.0631. The first-order valence-electron chi connectivity index (χ1n) is 5.55. The van der Waals surface area contributed by atoms with Crippen LogP contribution in [0, 0.1) is 0 Å². The molecule has 0 aliphatic carbocycles. The van der Waals surface area contributed by atoms with Crippen LogP contribution in [0.25, 0.3) is 0 Å². The van der Waals surface area contributed by atoms with Gasteiger partial charge in [0.25, 0.3) is 0 Å². The zero-order valence-electron chi connectivity index (χ0n) is 9.82. The first-order chi connectivity index (χ1) is 7.04. The van der Waals surface area contributed by atoms with Crippen LogP contribution in [0.5, 0.6) is 0 Å².